The monoisotopic (exact) mass is 333 g/mol. The van der Waals surface area contributed by atoms with Gasteiger partial charge in [0.25, 0.3) is 5.91 Å². The smallest absolute Gasteiger partial charge is 0.408 e. The molecule has 1 saturated heterocycles. The van der Waals surface area contributed by atoms with Crippen molar-refractivity contribution >= 4 is 11.8 Å². The molecule has 2 atom stereocenters. The van der Waals surface area contributed by atoms with Crippen molar-refractivity contribution in [1.29, 1.82) is 0 Å². The molecule has 0 aromatic carbocycles. The number of aromatic nitrogens is 1. The van der Waals surface area contributed by atoms with E-state index in [9.17, 15) is 22.8 Å². The maximum Gasteiger partial charge on any atom is 0.408 e. The molecule has 1 aromatic rings. The molecule has 0 bridgehead atoms. The summed E-state index contributed by atoms with van der Waals surface area (Å²) >= 11 is 0. The van der Waals surface area contributed by atoms with Gasteiger partial charge in [-0.1, -0.05) is 0 Å². The van der Waals surface area contributed by atoms with Crippen molar-refractivity contribution in [1.82, 2.24) is 15.2 Å². The van der Waals surface area contributed by atoms with E-state index in [0.29, 0.717) is 0 Å². The Morgan fingerprint density at radius 3 is 2.43 bits per heavy atom. The highest BCUT2D eigenvalue weighted by atomic mass is 19.4. The SMILES string of the molecule is CC(=O)NC1CCC(C(F)(F)F)N(C(=O)c2oc(C)nc2C)C1. The molecule has 1 fully saturated rings. The predicted molar refractivity (Wildman–Crippen MR) is 73.7 cm³/mol. The lowest BCUT2D eigenvalue weighted by atomic mass is 9.97. The van der Waals surface area contributed by atoms with Gasteiger partial charge in [-0.2, -0.15) is 13.2 Å². The molecule has 1 aromatic heterocycles. The predicted octanol–water partition coefficient (Wildman–Crippen LogP) is 1.96. The van der Waals surface area contributed by atoms with Gasteiger partial charge in [0.2, 0.25) is 11.7 Å². The number of carbonyl (C=O) groups excluding carboxylic acids is 2. The van der Waals surface area contributed by atoms with Crippen molar-refractivity contribution in [2.45, 2.75) is 51.9 Å². The third kappa shape index (κ3) is 3.83. The van der Waals surface area contributed by atoms with Crippen LogP contribution in [0.4, 0.5) is 13.2 Å². The normalized spacial score (nSPS) is 22.1. The number of hydrogen-bond donors (Lipinski definition) is 1. The molecular weight excluding hydrogens is 315 g/mol. The van der Waals surface area contributed by atoms with Gasteiger partial charge in [0.1, 0.15) is 6.04 Å². The number of nitrogens with one attached hydrogen (secondary N) is 1. The number of hydrogen-bond acceptors (Lipinski definition) is 4. The first-order valence-corrected chi connectivity index (χ1v) is 7.18. The highest BCUT2D eigenvalue weighted by Crippen LogP contribution is 2.33. The Labute approximate surface area is 131 Å². The summed E-state index contributed by atoms with van der Waals surface area (Å²) in [4.78, 5) is 28.3. The number of aryl methyl sites for hydroxylation is 2. The number of piperidine rings is 1. The van der Waals surface area contributed by atoms with Gasteiger partial charge >= 0.3 is 6.18 Å². The molecule has 1 aliphatic rings. The Kier molecular flexibility index (Phi) is 4.67. The maximum atomic E-state index is 13.2. The number of rotatable bonds is 2. The van der Waals surface area contributed by atoms with Gasteiger partial charge in [0.05, 0.1) is 5.69 Å². The van der Waals surface area contributed by atoms with Crippen LogP contribution in [0.25, 0.3) is 0 Å². The van der Waals surface area contributed by atoms with E-state index in [0.717, 1.165) is 4.90 Å². The van der Waals surface area contributed by atoms with E-state index in [1.54, 1.807) is 0 Å². The second kappa shape index (κ2) is 6.21. The molecule has 0 aliphatic carbocycles. The minimum atomic E-state index is -4.54. The fraction of sp³-hybridized carbons (Fsp3) is 0.643. The van der Waals surface area contributed by atoms with Crippen molar-refractivity contribution in [3.63, 3.8) is 0 Å². The molecular formula is C14H18F3N3O3. The minimum absolute atomic E-state index is 0.155. The van der Waals surface area contributed by atoms with Gasteiger partial charge in [-0.25, -0.2) is 4.98 Å². The van der Waals surface area contributed by atoms with E-state index in [-0.39, 0.29) is 42.6 Å². The summed E-state index contributed by atoms with van der Waals surface area (Å²) in [6, 6.07) is -2.41. The summed E-state index contributed by atoms with van der Waals surface area (Å²) < 4.78 is 44.9. The lowest BCUT2D eigenvalue weighted by Gasteiger charge is -2.40. The second-order valence-electron chi connectivity index (χ2n) is 5.64. The highest BCUT2D eigenvalue weighted by Gasteiger charge is 2.49. The van der Waals surface area contributed by atoms with Gasteiger partial charge in [0, 0.05) is 26.4 Å². The van der Waals surface area contributed by atoms with Gasteiger partial charge in [-0.05, 0) is 19.8 Å². The average Bonchev–Trinajstić information content (AvgIpc) is 2.74. The van der Waals surface area contributed by atoms with E-state index in [2.05, 4.69) is 10.3 Å². The Bertz CT molecular complexity index is 612. The molecule has 1 aliphatic heterocycles. The molecule has 9 heteroatoms. The molecule has 0 saturated carbocycles. The second-order valence-corrected chi connectivity index (χ2v) is 5.64. The van der Waals surface area contributed by atoms with Crippen LogP contribution in [0.2, 0.25) is 0 Å². The summed E-state index contributed by atoms with van der Waals surface area (Å²) in [5, 5.41) is 2.56. The lowest BCUT2D eigenvalue weighted by Crippen LogP contribution is -2.58. The van der Waals surface area contributed by atoms with Crippen LogP contribution < -0.4 is 5.32 Å². The lowest BCUT2D eigenvalue weighted by molar-refractivity contribution is -0.184. The van der Waals surface area contributed by atoms with Crippen LogP contribution >= 0.6 is 0 Å². The molecule has 6 nitrogen and oxygen atoms in total. The van der Waals surface area contributed by atoms with E-state index < -0.39 is 24.2 Å². The standard InChI is InChI=1S/C14H18F3N3O3/c1-7-12(23-9(3)18-7)13(22)20-6-10(19-8(2)21)4-5-11(20)14(15,16)17/h10-11H,4-6H2,1-3H3,(H,19,21). The fourth-order valence-corrected chi connectivity index (χ4v) is 2.80. The Hall–Kier alpha value is -2.06. The van der Waals surface area contributed by atoms with Crippen LogP contribution in [0, 0.1) is 13.8 Å². The molecule has 0 radical (unpaired) electrons. The minimum Gasteiger partial charge on any atom is -0.436 e. The van der Waals surface area contributed by atoms with Gasteiger partial charge in [-0.15, -0.1) is 0 Å². The van der Waals surface area contributed by atoms with Crippen LogP contribution in [0.3, 0.4) is 0 Å². The van der Waals surface area contributed by atoms with Crippen LogP contribution in [0.15, 0.2) is 4.42 Å². The first kappa shape index (κ1) is 17.3. The largest absolute Gasteiger partial charge is 0.436 e. The molecule has 0 spiro atoms. The van der Waals surface area contributed by atoms with Crippen molar-refractivity contribution in [3.8, 4) is 0 Å². The zero-order chi connectivity index (χ0) is 17.4. The fourth-order valence-electron chi connectivity index (χ4n) is 2.80. The van der Waals surface area contributed by atoms with Crippen molar-refractivity contribution < 1.29 is 27.2 Å². The van der Waals surface area contributed by atoms with Gasteiger partial charge in [-0.3, -0.25) is 9.59 Å². The van der Waals surface area contributed by atoms with E-state index >= 15 is 0 Å². The van der Waals surface area contributed by atoms with Crippen LogP contribution in [-0.2, 0) is 4.79 Å². The van der Waals surface area contributed by atoms with Gasteiger partial charge in [0.15, 0.2) is 5.89 Å². The van der Waals surface area contributed by atoms with E-state index in [1.165, 1.54) is 20.8 Å². The Morgan fingerprint density at radius 2 is 1.96 bits per heavy atom. The van der Waals surface area contributed by atoms with Crippen LogP contribution in [0.5, 0.6) is 0 Å². The molecule has 2 heterocycles. The third-order valence-corrected chi connectivity index (χ3v) is 3.73. The van der Waals surface area contributed by atoms with Crippen LogP contribution in [0.1, 0.15) is 41.9 Å². The Morgan fingerprint density at radius 1 is 1.30 bits per heavy atom. The first-order valence-electron chi connectivity index (χ1n) is 7.18. The van der Waals surface area contributed by atoms with Crippen molar-refractivity contribution in [2.24, 2.45) is 0 Å². The summed E-state index contributed by atoms with van der Waals surface area (Å²) in [5.74, 6) is -1.19. The molecule has 2 amide bonds. The number of amides is 2. The molecule has 1 N–H and O–H groups in total. The average molecular weight is 333 g/mol. The van der Waals surface area contributed by atoms with Crippen molar-refractivity contribution in [2.75, 3.05) is 6.54 Å². The topological polar surface area (TPSA) is 75.4 Å². The summed E-state index contributed by atoms with van der Waals surface area (Å²) in [5.41, 5.74) is 0.245. The molecule has 2 rings (SSSR count). The zero-order valence-electron chi connectivity index (χ0n) is 13.0. The number of oxazole rings is 1. The Balaban J connectivity index is 2.29. The number of halogens is 3. The zero-order valence-corrected chi connectivity index (χ0v) is 13.0. The van der Waals surface area contributed by atoms with Gasteiger partial charge < -0.3 is 14.6 Å². The first-order chi connectivity index (χ1) is 10.6. The maximum absolute atomic E-state index is 13.2. The summed E-state index contributed by atoms with van der Waals surface area (Å²) in [7, 11) is 0. The van der Waals surface area contributed by atoms with Crippen molar-refractivity contribution in [3.05, 3.63) is 17.3 Å². The molecule has 128 valence electrons. The quantitative estimate of drug-likeness (QED) is 0.898. The molecule has 23 heavy (non-hydrogen) atoms. The molecule has 2 unspecified atom stereocenters. The van der Waals surface area contributed by atoms with E-state index in [1.807, 2.05) is 0 Å². The number of alkyl halides is 3. The summed E-state index contributed by atoms with van der Waals surface area (Å²) in [6.45, 7) is 4.08. The number of carbonyl (C=O) groups is 2. The highest BCUT2D eigenvalue weighted by molar-refractivity contribution is 5.93. The third-order valence-electron chi connectivity index (χ3n) is 3.73. The van der Waals surface area contributed by atoms with Crippen LogP contribution in [-0.4, -0.2) is 46.5 Å². The van der Waals surface area contributed by atoms with E-state index in [4.69, 9.17) is 4.42 Å². The number of likely N-dealkylation sites (tertiary alicyclic amines) is 1. The summed E-state index contributed by atoms with van der Waals surface area (Å²) in [6.07, 6.45) is -4.66. The number of nitrogens with zero attached hydrogens (tertiary/aromatic N) is 2.